The van der Waals surface area contributed by atoms with Crippen LogP contribution in [0.3, 0.4) is 0 Å². The summed E-state index contributed by atoms with van der Waals surface area (Å²) in [6.45, 7) is 7.69. The Morgan fingerprint density at radius 2 is 1.15 bits per heavy atom. The Bertz CT molecular complexity index is 1130. The van der Waals surface area contributed by atoms with Crippen LogP contribution in [-0.4, -0.2) is 25.0 Å². The van der Waals surface area contributed by atoms with Gasteiger partial charge in [0.1, 0.15) is 25.3 Å². The van der Waals surface area contributed by atoms with Gasteiger partial charge < -0.3 is 9.47 Å². The molecule has 3 aromatic carbocycles. The number of hydrogen-bond acceptors (Lipinski definition) is 4. The first-order valence-electron chi connectivity index (χ1n) is 11.3. The van der Waals surface area contributed by atoms with Crippen molar-refractivity contribution in [1.82, 2.24) is 0 Å². The zero-order valence-electron chi connectivity index (χ0n) is 19.1. The number of ether oxygens (including phenoxy) is 2. The molecule has 3 aromatic rings. The van der Waals surface area contributed by atoms with Crippen LogP contribution in [-0.2, 0) is 14.9 Å². The standard InChI is InChI=1S/C28H27BrN2O2/c1-28(2,3)20-14-21(26-30-23(16-32-26)18-10-6-4-7-11-18)25(29)22(15-20)27-31-24(17-33-27)19-12-8-5-9-13-19/h4-15,23-24H,16-17H2,1-3H3. The Kier molecular flexibility index (Phi) is 5.83. The van der Waals surface area contributed by atoms with Gasteiger partial charge in [0.05, 0.1) is 11.1 Å². The normalized spacial score (nSPS) is 20.1. The van der Waals surface area contributed by atoms with Gasteiger partial charge in [0.15, 0.2) is 0 Å². The second-order valence-corrected chi connectivity index (χ2v) is 10.3. The number of nitrogens with zero attached hydrogens (tertiary/aromatic N) is 2. The maximum absolute atomic E-state index is 6.10. The van der Waals surface area contributed by atoms with Crippen molar-refractivity contribution in [2.75, 3.05) is 13.2 Å². The van der Waals surface area contributed by atoms with Gasteiger partial charge in [0.25, 0.3) is 0 Å². The van der Waals surface area contributed by atoms with Crippen molar-refractivity contribution in [2.45, 2.75) is 38.3 Å². The van der Waals surface area contributed by atoms with Crippen LogP contribution in [0.25, 0.3) is 0 Å². The lowest BCUT2D eigenvalue weighted by molar-refractivity contribution is 0.318. The van der Waals surface area contributed by atoms with Gasteiger partial charge in [0, 0.05) is 4.47 Å². The van der Waals surface area contributed by atoms with Crippen molar-refractivity contribution >= 4 is 27.7 Å². The van der Waals surface area contributed by atoms with Gasteiger partial charge in [-0.15, -0.1) is 0 Å². The third-order valence-electron chi connectivity index (χ3n) is 6.07. The molecule has 0 bridgehead atoms. The molecule has 0 aliphatic carbocycles. The molecule has 5 heteroatoms. The van der Waals surface area contributed by atoms with E-state index in [2.05, 4.69) is 73.1 Å². The van der Waals surface area contributed by atoms with E-state index in [4.69, 9.17) is 19.5 Å². The van der Waals surface area contributed by atoms with Crippen LogP contribution in [0.1, 0.15) is 60.7 Å². The number of benzene rings is 3. The molecule has 168 valence electrons. The third kappa shape index (κ3) is 4.47. The van der Waals surface area contributed by atoms with E-state index in [1.807, 2.05) is 36.4 Å². The van der Waals surface area contributed by atoms with Crippen LogP contribution in [0.4, 0.5) is 0 Å². The Morgan fingerprint density at radius 3 is 1.55 bits per heavy atom. The van der Waals surface area contributed by atoms with Crippen LogP contribution in [0, 0.1) is 0 Å². The molecule has 2 atom stereocenters. The summed E-state index contributed by atoms with van der Waals surface area (Å²) in [5.74, 6) is 1.31. The lowest BCUT2D eigenvalue weighted by Gasteiger charge is -2.22. The molecule has 0 amide bonds. The minimum atomic E-state index is -0.0554. The van der Waals surface area contributed by atoms with E-state index < -0.39 is 0 Å². The smallest absolute Gasteiger partial charge is 0.218 e. The molecule has 0 saturated heterocycles. The van der Waals surface area contributed by atoms with Gasteiger partial charge in [-0.05, 0) is 50.2 Å². The summed E-state index contributed by atoms with van der Waals surface area (Å²) in [4.78, 5) is 9.85. The van der Waals surface area contributed by atoms with Crippen LogP contribution in [0.2, 0.25) is 0 Å². The lowest BCUT2D eigenvalue weighted by Crippen LogP contribution is -2.16. The fraction of sp³-hybridized carbons (Fsp3) is 0.286. The number of aliphatic imine (C=N–C) groups is 2. The molecule has 4 nitrogen and oxygen atoms in total. The first-order valence-corrected chi connectivity index (χ1v) is 12.1. The van der Waals surface area contributed by atoms with Crippen molar-refractivity contribution in [2.24, 2.45) is 9.98 Å². The Balaban J connectivity index is 1.56. The zero-order chi connectivity index (χ0) is 23.0. The maximum Gasteiger partial charge on any atom is 0.218 e. The maximum atomic E-state index is 6.10. The molecular formula is C28H27BrN2O2. The minimum absolute atomic E-state index is 0.00243. The lowest BCUT2D eigenvalue weighted by atomic mass is 9.85. The Labute approximate surface area is 203 Å². The van der Waals surface area contributed by atoms with Gasteiger partial charge >= 0.3 is 0 Å². The summed E-state index contributed by atoms with van der Waals surface area (Å²) in [7, 11) is 0. The van der Waals surface area contributed by atoms with Gasteiger partial charge in [0.2, 0.25) is 11.8 Å². The summed E-state index contributed by atoms with van der Waals surface area (Å²) in [6, 6.07) is 24.9. The number of halogens is 1. The van der Waals surface area contributed by atoms with Crippen molar-refractivity contribution in [3.63, 3.8) is 0 Å². The molecule has 0 saturated carbocycles. The first-order chi connectivity index (χ1) is 15.9. The molecule has 0 aromatic heterocycles. The van der Waals surface area contributed by atoms with Crippen molar-refractivity contribution in [1.29, 1.82) is 0 Å². The van der Waals surface area contributed by atoms with E-state index in [0.29, 0.717) is 25.0 Å². The van der Waals surface area contributed by atoms with Crippen molar-refractivity contribution < 1.29 is 9.47 Å². The van der Waals surface area contributed by atoms with Crippen LogP contribution < -0.4 is 0 Å². The highest BCUT2D eigenvalue weighted by Gasteiger charge is 2.30. The SMILES string of the molecule is CC(C)(C)c1cc(C2=NC(c3ccccc3)CO2)c(Br)c(C2=NC(c3ccccc3)CO2)c1. The van der Waals surface area contributed by atoms with E-state index in [9.17, 15) is 0 Å². The predicted molar refractivity (Wildman–Crippen MR) is 136 cm³/mol. The summed E-state index contributed by atoms with van der Waals surface area (Å²) >= 11 is 3.83. The van der Waals surface area contributed by atoms with E-state index in [1.165, 1.54) is 5.56 Å². The average molecular weight is 503 g/mol. The molecule has 2 aliphatic rings. The number of hydrogen-bond donors (Lipinski definition) is 0. The summed E-state index contributed by atoms with van der Waals surface area (Å²) < 4.78 is 13.1. The van der Waals surface area contributed by atoms with Gasteiger partial charge in [-0.1, -0.05) is 81.4 Å². The molecule has 2 heterocycles. The minimum Gasteiger partial charge on any atom is -0.475 e. The predicted octanol–water partition coefficient (Wildman–Crippen LogP) is 6.78. The van der Waals surface area contributed by atoms with Gasteiger partial charge in [-0.25, -0.2) is 9.98 Å². The molecule has 0 spiro atoms. The molecule has 0 fully saturated rings. The topological polar surface area (TPSA) is 43.2 Å². The summed E-state index contributed by atoms with van der Waals surface area (Å²) in [5.41, 5.74) is 5.31. The van der Waals surface area contributed by atoms with Crippen molar-refractivity contribution in [3.8, 4) is 0 Å². The molecular weight excluding hydrogens is 476 g/mol. The molecule has 0 radical (unpaired) electrons. The van der Waals surface area contributed by atoms with Crippen LogP contribution in [0.5, 0.6) is 0 Å². The van der Waals surface area contributed by atoms with E-state index in [-0.39, 0.29) is 17.5 Å². The molecule has 33 heavy (non-hydrogen) atoms. The molecule has 2 unspecified atom stereocenters. The fourth-order valence-corrected chi connectivity index (χ4v) is 4.67. The summed E-state index contributed by atoms with van der Waals surface area (Å²) in [6.07, 6.45) is 0. The zero-order valence-corrected chi connectivity index (χ0v) is 20.7. The Morgan fingerprint density at radius 1 is 0.727 bits per heavy atom. The van der Waals surface area contributed by atoms with Crippen LogP contribution >= 0.6 is 15.9 Å². The molecule has 5 rings (SSSR count). The second kappa shape index (κ2) is 8.79. The highest BCUT2D eigenvalue weighted by atomic mass is 79.9. The quantitative estimate of drug-likeness (QED) is 0.394. The van der Waals surface area contributed by atoms with Crippen molar-refractivity contribution in [3.05, 3.63) is 105 Å². The van der Waals surface area contributed by atoms with E-state index in [1.54, 1.807) is 0 Å². The summed E-state index contributed by atoms with van der Waals surface area (Å²) in [5, 5.41) is 0. The largest absolute Gasteiger partial charge is 0.475 e. The third-order valence-corrected chi connectivity index (χ3v) is 6.92. The Hall–Kier alpha value is -2.92. The van der Waals surface area contributed by atoms with Crippen LogP contribution in [0.15, 0.2) is 87.3 Å². The van der Waals surface area contributed by atoms with E-state index in [0.717, 1.165) is 26.7 Å². The second-order valence-electron chi connectivity index (χ2n) is 9.48. The average Bonchev–Trinajstić information content (AvgIpc) is 3.50. The molecule has 0 N–H and O–H groups in total. The monoisotopic (exact) mass is 502 g/mol. The first kappa shape index (κ1) is 21.9. The van der Waals surface area contributed by atoms with Gasteiger partial charge in [-0.3, -0.25) is 0 Å². The number of rotatable bonds is 4. The molecule has 2 aliphatic heterocycles. The fourth-order valence-electron chi connectivity index (χ4n) is 4.10. The highest BCUT2D eigenvalue weighted by molar-refractivity contribution is 9.10. The highest BCUT2D eigenvalue weighted by Crippen LogP contribution is 2.36. The van der Waals surface area contributed by atoms with Gasteiger partial charge in [-0.2, -0.15) is 0 Å². The van der Waals surface area contributed by atoms with E-state index >= 15 is 0 Å².